The summed E-state index contributed by atoms with van der Waals surface area (Å²) in [6.07, 6.45) is -0.686. The van der Waals surface area contributed by atoms with Crippen LogP contribution < -0.4 is 10.6 Å². The van der Waals surface area contributed by atoms with Gasteiger partial charge in [-0.1, -0.05) is 12.2 Å². The third-order valence-corrected chi connectivity index (χ3v) is 2.46. The predicted octanol–water partition coefficient (Wildman–Crippen LogP) is 1.42. The average Bonchev–Trinajstić information content (AvgIpc) is 2.14. The van der Waals surface area contributed by atoms with Crippen LogP contribution >= 0.6 is 12.2 Å². The molecule has 0 spiro atoms. The van der Waals surface area contributed by atoms with Crippen LogP contribution in [0.4, 0.5) is 14.5 Å². The van der Waals surface area contributed by atoms with E-state index in [0.29, 0.717) is 0 Å². The minimum Gasteiger partial charge on any atom is -0.392 e. The number of aliphatic hydroxyl groups excluding tert-OH is 1. The number of rotatable bonds is 4. The lowest BCUT2D eigenvalue weighted by molar-refractivity contribution is 0.201. The fourth-order valence-electron chi connectivity index (χ4n) is 1.56. The van der Waals surface area contributed by atoms with Gasteiger partial charge in [0.2, 0.25) is 0 Å². The first kappa shape index (κ1) is 13.8. The van der Waals surface area contributed by atoms with Crippen molar-refractivity contribution in [1.82, 2.24) is 0 Å². The molecule has 0 heterocycles. The van der Waals surface area contributed by atoms with E-state index in [0.717, 1.165) is 12.1 Å². The number of nitrogens with zero attached hydrogens (tertiary/aromatic N) is 1. The summed E-state index contributed by atoms with van der Waals surface area (Å²) < 4.78 is 27.4. The maximum atomic E-state index is 13.7. The van der Waals surface area contributed by atoms with E-state index < -0.39 is 17.7 Å². The predicted molar refractivity (Wildman–Crippen MR) is 67.2 cm³/mol. The molecule has 1 rings (SSSR count). The summed E-state index contributed by atoms with van der Waals surface area (Å²) >= 11 is 4.65. The van der Waals surface area contributed by atoms with Gasteiger partial charge in [-0.15, -0.1) is 0 Å². The first-order valence-corrected chi connectivity index (χ1v) is 5.41. The molecule has 1 atom stereocenters. The van der Waals surface area contributed by atoms with Crippen LogP contribution in [0.25, 0.3) is 0 Å². The maximum absolute atomic E-state index is 13.7. The third-order valence-electron chi connectivity index (χ3n) is 2.22. The summed E-state index contributed by atoms with van der Waals surface area (Å²) in [5, 5.41) is 9.18. The Bertz CT molecular complexity index is 414. The molecule has 0 saturated heterocycles. The minimum absolute atomic E-state index is 0.0625. The largest absolute Gasteiger partial charge is 0.392 e. The van der Waals surface area contributed by atoms with Gasteiger partial charge in [-0.2, -0.15) is 0 Å². The molecule has 0 aliphatic rings. The topological polar surface area (TPSA) is 49.5 Å². The lowest BCUT2D eigenvalue weighted by atomic mass is 10.1. The van der Waals surface area contributed by atoms with E-state index >= 15 is 0 Å². The Morgan fingerprint density at radius 1 is 1.47 bits per heavy atom. The Kier molecular flexibility index (Phi) is 4.36. The van der Waals surface area contributed by atoms with Crippen LogP contribution in [-0.2, 0) is 0 Å². The first-order valence-electron chi connectivity index (χ1n) is 5.01. The number of benzene rings is 1. The van der Waals surface area contributed by atoms with Crippen LogP contribution in [0.15, 0.2) is 12.1 Å². The lowest BCUT2D eigenvalue weighted by Gasteiger charge is -2.22. The van der Waals surface area contributed by atoms with Gasteiger partial charge in [-0.25, -0.2) is 8.78 Å². The number of likely N-dealkylation sites (N-methyl/N-ethyl adjacent to an activating group) is 1. The normalized spacial score (nSPS) is 12.3. The van der Waals surface area contributed by atoms with Crippen molar-refractivity contribution in [3.8, 4) is 0 Å². The molecular weight excluding hydrogens is 246 g/mol. The van der Waals surface area contributed by atoms with Gasteiger partial charge in [-0.3, -0.25) is 0 Å². The number of thiocarbonyl (C=S) groups is 1. The van der Waals surface area contributed by atoms with E-state index in [2.05, 4.69) is 12.2 Å². The summed E-state index contributed by atoms with van der Waals surface area (Å²) in [5.74, 6) is -1.51. The smallest absolute Gasteiger partial charge is 0.150 e. The Hall–Kier alpha value is -1.27. The van der Waals surface area contributed by atoms with Crippen molar-refractivity contribution >= 4 is 22.9 Å². The summed E-state index contributed by atoms with van der Waals surface area (Å²) in [4.78, 5) is 1.24. The van der Waals surface area contributed by atoms with Gasteiger partial charge in [0, 0.05) is 19.2 Å². The molecule has 3 nitrogen and oxygen atoms in total. The van der Waals surface area contributed by atoms with Gasteiger partial charge >= 0.3 is 0 Å². The highest BCUT2D eigenvalue weighted by Crippen LogP contribution is 2.24. The summed E-state index contributed by atoms with van der Waals surface area (Å²) in [6, 6.07) is 2.17. The molecule has 0 fully saturated rings. The van der Waals surface area contributed by atoms with Gasteiger partial charge in [0.1, 0.15) is 22.3 Å². The van der Waals surface area contributed by atoms with Crippen LogP contribution in [0, 0.1) is 11.6 Å². The third kappa shape index (κ3) is 3.34. The molecule has 3 N–H and O–H groups in total. The zero-order valence-electron chi connectivity index (χ0n) is 9.58. The molecule has 94 valence electrons. The molecule has 17 heavy (non-hydrogen) atoms. The molecule has 1 aromatic rings. The average molecular weight is 260 g/mol. The quantitative estimate of drug-likeness (QED) is 0.804. The van der Waals surface area contributed by atoms with Crippen LogP contribution in [0.1, 0.15) is 12.5 Å². The first-order chi connectivity index (χ1) is 7.82. The van der Waals surface area contributed by atoms with Crippen LogP contribution in [-0.4, -0.2) is 29.8 Å². The molecule has 0 radical (unpaired) electrons. The number of nitrogens with two attached hydrogens (primary N) is 1. The monoisotopic (exact) mass is 260 g/mol. The second-order valence-corrected chi connectivity index (χ2v) is 4.32. The number of anilines is 1. The second kappa shape index (κ2) is 5.37. The molecule has 1 aromatic carbocycles. The molecule has 0 bridgehead atoms. The van der Waals surface area contributed by atoms with Crippen molar-refractivity contribution in [2.45, 2.75) is 13.0 Å². The Morgan fingerprint density at radius 3 is 2.29 bits per heavy atom. The van der Waals surface area contributed by atoms with Crippen molar-refractivity contribution in [3.05, 3.63) is 29.3 Å². The van der Waals surface area contributed by atoms with Gasteiger partial charge in [0.05, 0.1) is 6.10 Å². The van der Waals surface area contributed by atoms with Crippen LogP contribution in [0.3, 0.4) is 0 Å². The van der Waals surface area contributed by atoms with E-state index in [9.17, 15) is 13.9 Å². The number of hydrogen-bond acceptors (Lipinski definition) is 3. The molecule has 0 aliphatic heterocycles. The standard InChI is InChI=1S/C11H14F2N2OS/c1-6(16)5-15(2)10-8(12)3-7(11(14)17)4-9(10)13/h3-4,6,16H,5H2,1-2H3,(H2,14,17). The van der Waals surface area contributed by atoms with E-state index in [1.807, 2.05) is 0 Å². The lowest BCUT2D eigenvalue weighted by Crippen LogP contribution is -2.28. The van der Waals surface area contributed by atoms with Crippen LogP contribution in [0.5, 0.6) is 0 Å². The van der Waals surface area contributed by atoms with Gasteiger partial charge in [-0.05, 0) is 19.1 Å². The van der Waals surface area contributed by atoms with E-state index in [1.54, 1.807) is 0 Å². The van der Waals surface area contributed by atoms with E-state index in [1.165, 1.54) is 18.9 Å². The molecule has 0 aliphatic carbocycles. The fourth-order valence-corrected chi connectivity index (χ4v) is 1.68. The van der Waals surface area contributed by atoms with Gasteiger partial charge < -0.3 is 15.7 Å². The zero-order chi connectivity index (χ0) is 13.2. The second-order valence-electron chi connectivity index (χ2n) is 3.88. The highest BCUT2D eigenvalue weighted by Gasteiger charge is 2.17. The van der Waals surface area contributed by atoms with Crippen molar-refractivity contribution in [2.75, 3.05) is 18.5 Å². The van der Waals surface area contributed by atoms with Crippen molar-refractivity contribution < 1.29 is 13.9 Å². The number of hydrogen-bond donors (Lipinski definition) is 2. The van der Waals surface area contributed by atoms with Crippen molar-refractivity contribution in [1.29, 1.82) is 0 Å². The van der Waals surface area contributed by atoms with E-state index in [4.69, 9.17) is 5.73 Å². The zero-order valence-corrected chi connectivity index (χ0v) is 10.4. The summed E-state index contributed by atoms with van der Waals surface area (Å²) in [7, 11) is 1.49. The number of aliphatic hydroxyl groups is 1. The molecule has 6 heteroatoms. The van der Waals surface area contributed by atoms with Crippen molar-refractivity contribution in [3.63, 3.8) is 0 Å². The molecule has 0 aromatic heterocycles. The fraction of sp³-hybridized carbons (Fsp3) is 0.364. The SMILES string of the molecule is CC(O)CN(C)c1c(F)cc(C(N)=S)cc1F. The van der Waals surface area contributed by atoms with Gasteiger partial charge in [0.15, 0.2) is 0 Å². The Morgan fingerprint density at radius 2 is 1.94 bits per heavy atom. The van der Waals surface area contributed by atoms with Gasteiger partial charge in [0.25, 0.3) is 0 Å². The maximum Gasteiger partial charge on any atom is 0.150 e. The highest BCUT2D eigenvalue weighted by molar-refractivity contribution is 7.80. The molecule has 0 amide bonds. The Balaban J connectivity index is 3.13. The highest BCUT2D eigenvalue weighted by atomic mass is 32.1. The Labute approximate surface area is 104 Å². The summed E-state index contributed by atoms with van der Waals surface area (Å²) in [5.41, 5.74) is 5.24. The minimum atomic E-state index is -0.754. The van der Waals surface area contributed by atoms with E-state index in [-0.39, 0.29) is 22.8 Å². The number of halogens is 2. The van der Waals surface area contributed by atoms with Crippen molar-refractivity contribution in [2.24, 2.45) is 5.73 Å². The van der Waals surface area contributed by atoms with Crippen LogP contribution in [0.2, 0.25) is 0 Å². The summed E-state index contributed by atoms with van der Waals surface area (Å²) in [6.45, 7) is 1.66. The molecule has 1 unspecified atom stereocenters. The molecular formula is C11H14F2N2OS. The molecule has 0 saturated carbocycles.